The Balaban J connectivity index is 2.55. The molecule has 1 aliphatic heterocycles. The molecule has 1 unspecified atom stereocenters. The minimum absolute atomic E-state index is 0.153. The van der Waals surface area contributed by atoms with Gasteiger partial charge in [-0.25, -0.2) is 4.98 Å². The van der Waals surface area contributed by atoms with Gasteiger partial charge < -0.3 is 11.1 Å². The fraction of sp³-hybridized carbons (Fsp3) is 0.125. The third-order valence-corrected chi connectivity index (χ3v) is 2.68. The molecule has 0 fully saturated rings. The van der Waals surface area contributed by atoms with E-state index in [9.17, 15) is 20.2 Å². The van der Waals surface area contributed by atoms with Gasteiger partial charge in [0.1, 0.15) is 11.9 Å². The molecule has 0 radical (unpaired) electrons. The van der Waals surface area contributed by atoms with E-state index in [1.54, 1.807) is 0 Å². The summed E-state index contributed by atoms with van der Waals surface area (Å²) >= 11 is 5.61. The zero-order valence-electron chi connectivity index (χ0n) is 8.66. The highest BCUT2D eigenvalue weighted by molar-refractivity contribution is 6.31. The molecule has 2 rings (SSSR count). The van der Waals surface area contributed by atoms with Gasteiger partial charge in [-0.1, -0.05) is 11.6 Å². The largest absolute Gasteiger partial charge is 0.341 e. The molecule has 1 aromatic rings. The summed E-state index contributed by atoms with van der Waals surface area (Å²) in [7, 11) is 0. The number of aromatic nitrogens is 1. The molecule has 2 heterocycles. The lowest BCUT2D eigenvalue weighted by Crippen LogP contribution is -2.24. The second kappa shape index (κ2) is 4.20. The van der Waals surface area contributed by atoms with Crippen LogP contribution < -0.4 is 11.1 Å². The first-order chi connectivity index (χ1) is 8.41. The molecule has 0 bridgehead atoms. The van der Waals surface area contributed by atoms with Crippen LogP contribution in [0.2, 0.25) is 5.15 Å². The Morgan fingerprint density at radius 3 is 2.61 bits per heavy atom. The molecule has 0 aliphatic carbocycles. The molecule has 3 N–H and O–H groups in total. The van der Waals surface area contributed by atoms with Crippen LogP contribution in [0.15, 0.2) is 18.0 Å². The number of nitro groups is 2. The van der Waals surface area contributed by atoms with Crippen molar-refractivity contribution in [1.29, 1.82) is 0 Å². The molecule has 94 valence electrons. The summed E-state index contributed by atoms with van der Waals surface area (Å²) in [5.41, 5.74) is 5.06. The SMILES string of the molecule is NC1C([N+](=O)[O-])=CNc2nc(Cl)c([N+](=O)[O-])cc21. The van der Waals surface area contributed by atoms with Gasteiger partial charge in [0.05, 0.1) is 16.0 Å². The average molecular weight is 272 g/mol. The minimum atomic E-state index is -1.10. The molecule has 10 heteroatoms. The van der Waals surface area contributed by atoms with Crippen LogP contribution >= 0.6 is 11.6 Å². The van der Waals surface area contributed by atoms with E-state index in [0.717, 1.165) is 12.3 Å². The predicted octanol–water partition coefficient (Wildman–Crippen LogP) is 1.19. The molecule has 1 aromatic heterocycles. The van der Waals surface area contributed by atoms with Crippen molar-refractivity contribution in [3.8, 4) is 0 Å². The van der Waals surface area contributed by atoms with Crippen LogP contribution in [0, 0.1) is 20.2 Å². The van der Waals surface area contributed by atoms with Crippen molar-refractivity contribution in [3.05, 3.63) is 48.9 Å². The number of nitrogens with zero attached hydrogens (tertiary/aromatic N) is 3. The van der Waals surface area contributed by atoms with Crippen LogP contribution in [-0.2, 0) is 0 Å². The maximum absolute atomic E-state index is 10.7. The first-order valence-corrected chi connectivity index (χ1v) is 5.01. The van der Waals surface area contributed by atoms with Gasteiger partial charge >= 0.3 is 5.69 Å². The van der Waals surface area contributed by atoms with E-state index in [2.05, 4.69) is 10.3 Å². The van der Waals surface area contributed by atoms with E-state index in [4.69, 9.17) is 17.3 Å². The quantitative estimate of drug-likeness (QED) is 0.468. The van der Waals surface area contributed by atoms with Crippen molar-refractivity contribution < 1.29 is 9.85 Å². The molecule has 0 amide bonds. The van der Waals surface area contributed by atoms with E-state index in [-0.39, 0.29) is 22.2 Å². The molecular weight excluding hydrogens is 266 g/mol. The number of anilines is 1. The summed E-state index contributed by atoms with van der Waals surface area (Å²) in [6.45, 7) is 0. The highest BCUT2D eigenvalue weighted by atomic mass is 35.5. The second-order valence-electron chi connectivity index (χ2n) is 3.44. The number of pyridine rings is 1. The number of rotatable bonds is 2. The number of nitrogens with one attached hydrogen (secondary N) is 1. The van der Waals surface area contributed by atoms with E-state index < -0.39 is 21.6 Å². The maximum atomic E-state index is 10.7. The molecule has 0 spiro atoms. The molecule has 18 heavy (non-hydrogen) atoms. The third-order valence-electron chi connectivity index (χ3n) is 2.40. The lowest BCUT2D eigenvalue weighted by Gasteiger charge is -2.18. The number of nitrogens with two attached hydrogens (primary N) is 1. The number of hydrogen-bond donors (Lipinski definition) is 2. The smallest absolute Gasteiger partial charge is 0.306 e. The van der Waals surface area contributed by atoms with Crippen molar-refractivity contribution in [2.45, 2.75) is 6.04 Å². The minimum Gasteiger partial charge on any atom is -0.341 e. The first kappa shape index (κ1) is 12.2. The Bertz CT molecular complexity index is 587. The highest BCUT2D eigenvalue weighted by Gasteiger charge is 2.32. The summed E-state index contributed by atoms with van der Waals surface area (Å²) in [5, 5.41) is 23.6. The van der Waals surface area contributed by atoms with Crippen molar-refractivity contribution in [1.82, 2.24) is 4.98 Å². The summed E-state index contributed by atoms with van der Waals surface area (Å²) in [5.74, 6) is 0.170. The van der Waals surface area contributed by atoms with E-state index >= 15 is 0 Å². The Morgan fingerprint density at radius 1 is 1.39 bits per heavy atom. The number of fused-ring (bicyclic) bond motifs is 1. The lowest BCUT2D eigenvalue weighted by molar-refractivity contribution is -0.430. The van der Waals surface area contributed by atoms with Gasteiger partial charge in [-0.2, -0.15) is 0 Å². The summed E-state index contributed by atoms with van der Waals surface area (Å²) in [6.07, 6.45) is 1.09. The molecule has 9 nitrogen and oxygen atoms in total. The van der Waals surface area contributed by atoms with Crippen LogP contribution in [0.4, 0.5) is 11.5 Å². The van der Waals surface area contributed by atoms with Gasteiger partial charge in [-0.15, -0.1) is 0 Å². The maximum Gasteiger partial charge on any atom is 0.306 e. The van der Waals surface area contributed by atoms with Gasteiger partial charge in [-0.3, -0.25) is 20.2 Å². The van der Waals surface area contributed by atoms with Gasteiger partial charge in [0.25, 0.3) is 5.70 Å². The van der Waals surface area contributed by atoms with Gasteiger partial charge in [0.2, 0.25) is 5.15 Å². The highest BCUT2D eigenvalue weighted by Crippen LogP contribution is 2.35. The van der Waals surface area contributed by atoms with Crippen LogP contribution in [0.1, 0.15) is 11.6 Å². The monoisotopic (exact) mass is 271 g/mol. The van der Waals surface area contributed by atoms with E-state index in [1.807, 2.05) is 0 Å². The number of halogens is 1. The van der Waals surface area contributed by atoms with Crippen LogP contribution in [0.5, 0.6) is 0 Å². The fourth-order valence-electron chi connectivity index (χ4n) is 1.53. The normalized spacial score (nSPS) is 17.4. The van der Waals surface area contributed by atoms with E-state index in [0.29, 0.717) is 0 Å². The Morgan fingerprint density at radius 2 is 2.06 bits per heavy atom. The zero-order valence-corrected chi connectivity index (χ0v) is 9.42. The Kier molecular flexibility index (Phi) is 2.85. The molecule has 1 aliphatic rings. The number of hydrogen-bond acceptors (Lipinski definition) is 7. The summed E-state index contributed by atoms with van der Waals surface area (Å²) in [4.78, 5) is 23.7. The molecule has 0 aromatic carbocycles. The summed E-state index contributed by atoms with van der Waals surface area (Å²) in [6, 6.07) is -0.0153. The topological polar surface area (TPSA) is 137 Å². The summed E-state index contributed by atoms with van der Waals surface area (Å²) < 4.78 is 0. The van der Waals surface area contributed by atoms with Gasteiger partial charge in [-0.05, 0) is 0 Å². The molecule has 0 saturated heterocycles. The Labute approximate surface area is 105 Å². The van der Waals surface area contributed by atoms with Gasteiger partial charge in [0, 0.05) is 11.6 Å². The van der Waals surface area contributed by atoms with Gasteiger partial charge in [0.15, 0.2) is 0 Å². The van der Waals surface area contributed by atoms with Crippen molar-refractivity contribution >= 4 is 23.1 Å². The molecule has 1 atom stereocenters. The third kappa shape index (κ3) is 1.85. The van der Waals surface area contributed by atoms with Crippen molar-refractivity contribution in [2.75, 3.05) is 5.32 Å². The zero-order chi connectivity index (χ0) is 13.4. The molecular formula is C8H6ClN5O4. The van der Waals surface area contributed by atoms with E-state index in [1.165, 1.54) is 0 Å². The Hall–Kier alpha value is -2.26. The average Bonchev–Trinajstić information content (AvgIpc) is 2.27. The lowest BCUT2D eigenvalue weighted by atomic mass is 10.0. The fourth-order valence-corrected chi connectivity index (χ4v) is 1.74. The van der Waals surface area contributed by atoms with Crippen LogP contribution in [-0.4, -0.2) is 14.8 Å². The second-order valence-corrected chi connectivity index (χ2v) is 3.80. The first-order valence-electron chi connectivity index (χ1n) is 4.63. The van der Waals surface area contributed by atoms with Crippen molar-refractivity contribution in [2.24, 2.45) is 5.73 Å². The van der Waals surface area contributed by atoms with Crippen LogP contribution in [0.25, 0.3) is 0 Å². The van der Waals surface area contributed by atoms with Crippen LogP contribution in [0.3, 0.4) is 0 Å². The van der Waals surface area contributed by atoms with Crippen molar-refractivity contribution in [3.63, 3.8) is 0 Å². The molecule has 0 saturated carbocycles. The standard InChI is InChI=1S/C8H6ClN5O4/c9-7-4(13(15)16)1-3-6(10)5(14(17)18)2-11-8(3)12-7/h1-2,6H,10H2,(H,11,12). The predicted molar refractivity (Wildman–Crippen MR) is 61.5 cm³/mol.